The fraction of sp³-hybridized carbons (Fsp3) is 0.409. The van der Waals surface area contributed by atoms with Gasteiger partial charge in [0, 0.05) is 18.8 Å². The Labute approximate surface area is 183 Å². The van der Waals surface area contributed by atoms with Gasteiger partial charge < -0.3 is 19.5 Å². The zero-order chi connectivity index (χ0) is 22.3. The van der Waals surface area contributed by atoms with Gasteiger partial charge in [0.1, 0.15) is 10.6 Å². The van der Waals surface area contributed by atoms with Crippen LogP contribution in [-0.4, -0.2) is 51.5 Å². The maximum Gasteiger partial charge on any atom is 0.262 e. The fourth-order valence-electron chi connectivity index (χ4n) is 3.31. The molecule has 0 aromatic heterocycles. The number of nitrogens with one attached hydrogen (secondary N) is 1. The average Bonchev–Trinajstić information content (AvgIpc) is 3.30. The summed E-state index contributed by atoms with van der Waals surface area (Å²) in [5.74, 6) is 0.871. The Bertz CT molecular complexity index is 1000. The molecule has 0 spiro atoms. The Morgan fingerprint density at radius 2 is 1.55 bits per heavy atom. The molecule has 2 aromatic rings. The van der Waals surface area contributed by atoms with Crippen molar-refractivity contribution in [2.24, 2.45) is 0 Å². The first-order chi connectivity index (χ1) is 15.0. The smallest absolute Gasteiger partial charge is 0.262 e. The van der Waals surface area contributed by atoms with Crippen molar-refractivity contribution in [2.75, 3.05) is 38.2 Å². The number of para-hydroxylation sites is 2. The summed E-state index contributed by atoms with van der Waals surface area (Å²) in [6, 6.07) is 11.7. The molecule has 0 atom stereocenters. The first-order valence-corrected chi connectivity index (χ1v) is 11.8. The van der Waals surface area contributed by atoms with Crippen LogP contribution in [0.25, 0.3) is 0 Å². The van der Waals surface area contributed by atoms with Crippen LogP contribution in [0.4, 0.5) is 5.69 Å². The molecule has 8 nitrogen and oxygen atoms in total. The molecule has 0 bridgehead atoms. The van der Waals surface area contributed by atoms with Gasteiger partial charge in [-0.2, -0.15) is 4.31 Å². The molecule has 31 heavy (non-hydrogen) atoms. The van der Waals surface area contributed by atoms with Crippen LogP contribution in [0.1, 0.15) is 26.7 Å². The third-order valence-corrected chi connectivity index (χ3v) is 6.64. The van der Waals surface area contributed by atoms with Gasteiger partial charge in [0.15, 0.2) is 18.1 Å². The molecular weight excluding hydrogens is 420 g/mol. The summed E-state index contributed by atoms with van der Waals surface area (Å²) in [5.41, 5.74) is 0.355. The summed E-state index contributed by atoms with van der Waals surface area (Å²) in [6.45, 7) is 5.19. The number of carbonyl (C=O) groups excluding carboxylic acids is 1. The fourth-order valence-corrected chi connectivity index (χ4v) is 4.99. The first kappa shape index (κ1) is 22.9. The van der Waals surface area contributed by atoms with E-state index in [1.165, 1.54) is 10.4 Å². The first-order valence-electron chi connectivity index (χ1n) is 10.4. The number of amides is 1. The highest BCUT2D eigenvalue weighted by Gasteiger charge is 2.30. The van der Waals surface area contributed by atoms with E-state index in [2.05, 4.69) is 5.32 Å². The second kappa shape index (κ2) is 10.5. The Morgan fingerprint density at radius 1 is 0.935 bits per heavy atom. The minimum Gasteiger partial charge on any atom is -0.492 e. The van der Waals surface area contributed by atoms with Gasteiger partial charge in [-0.25, -0.2) is 8.42 Å². The van der Waals surface area contributed by atoms with Crippen LogP contribution in [0.3, 0.4) is 0 Å². The van der Waals surface area contributed by atoms with E-state index in [0.29, 0.717) is 43.5 Å². The molecule has 1 aliphatic rings. The molecule has 1 fully saturated rings. The maximum absolute atomic E-state index is 13.1. The lowest BCUT2D eigenvalue weighted by molar-refractivity contribution is -0.118. The van der Waals surface area contributed by atoms with E-state index in [4.69, 9.17) is 14.2 Å². The molecular formula is C22H28N2O6S. The van der Waals surface area contributed by atoms with Crippen LogP contribution in [0.15, 0.2) is 47.4 Å². The number of sulfonamides is 1. The molecule has 1 aliphatic heterocycles. The van der Waals surface area contributed by atoms with Crippen molar-refractivity contribution in [3.63, 3.8) is 0 Å². The van der Waals surface area contributed by atoms with Gasteiger partial charge >= 0.3 is 0 Å². The van der Waals surface area contributed by atoms with Crippen molar-refractivity contribution >= 4 is 21.6 Å². The van der Waals surface area contributed by atoms with Gasteiger partial charge in [-0.1, -0.05) is 12.1 Å². The van der Waals surface area contributed by atoms with Gasteiger partial charge in [0.25, 0.3) is 5.91 Å². The van der Waals surface area contributed by atoms with Crippen LogP contribution < -0.4 is 19.5 Å². The minimum atomic E-state index is -3.71. The third-order valence-electron chi connectivity index (χ3n) is 4.72. The molecule has 9 heteroatoms. The van der Waals surface area contributed by atoms with Crippen molar-refractivity contribution in [3.05, 3.63) is 42.5 Å². The summed E-state index contributed by atoms with van der Waals surface area (Å²) >= 11 is 0. The molecule has 0 saturated carbocycles. The van der Waals surface area contributed by atoms with Gasteiger partial charge in [-0.3, -0.25) is 4.79 Å². The number of rotatable bonds is 10. The molecule has 1 saturated heterocycles. The Balaban J connectivity index is 1.73. The maximum atomic E-state index is 13.1. The lowest BCUT2D eigenvalue weighted by Crippen LogP contribution is -2.28. The zero-order valence-corrected chi connectivity index (χ0v) is 18.6. The van der Waals surface area contributed by atoms with Gasteiger partial charge in [0.05, 0.1) is 13.2 Å². The largest absolute Gasteiger partial charge is 0.492 e. The summed E-state index contributed by atoms with van der Waals surface area (Å²) in [6.07, 6.45) is 1.67. The highest BCUT2D eigenvalue weighted by molar-refractivity contribution is 7.89. The van der Waals surface area contributed by atoms with E-state index in [-0.39, 0.29) is 17.3 Å². The van der Waals surface area contributed by atoms with Gasteiger partial charge in [0.2, 0.25) is 10.0 Å². The molecule has 1 N–H and O–H groups in total. The van der Waals surface area contributed by atoms with Crippen LogP contribution in [-0.2, 0) is 14.8 Å². The Kier molecular flexibility index (Phi) is 7.75. The van der Waals surface area contributed by atoms with E-state index < -0.39 is 15.9 Å². The molecule has 3 rings (SSSR count). The number of benzene rings is 2. The predicted octanol–water partition coefficient (Wildman–Crippen LogP) is 3.29. The minimum absolute atomic E-state index is 0.0525. The normalized spacial score (nSPS) is 14.3. The quantitative estimate of drug-likeness (QED) is 0.599. The number of hydrogen-bond donors (Lipinski definition) is 1. The average molecular weight is 449 g/mol. The van der Waals surface area contributed by atoms with E-state index in [9.17, 15) is 13.2 Å². The molecule has 2 aromatic carbocycles. The van der Waals surface area contributed by atoms with Crippen molar-refractivity contribution < 1.29 is 27.4 Å². The summed E-state index contributed by atoms with van der Waals surface area (Å²) < 4.78 is 44.2. The lowest BCUT2D eigenvalue weighted by Gasteiger charge is -2.19. The zero-order valence-electron chi connectivity index (χ0n) is 17.8. The number of anilines is 1. The summed E-state index contributed by atoms with van der Waals surface area (Å²) in [7, 11) is -3.71. The van der Waals surface area contributed by atoms with Gasteiger partial charge in [-0.15, -0.1) is 0 Å². The van der Waals surface area contributed by atoms with Crippen LogP contribution in [0.2, 0.25) is 0 Å². The van der Waals surface area contributed by atoms with Gasteiger partial charge in [-0.05, 0) is 57.0 Å². The van der Waals surface area contributed by atoms with Crippen LogP contribution in [0.5, 0.6) is 17.2 Å². The second-order valence-electron chi connectivity index (χ2n) is 6.92. The Hall–Kier alpha value is -2.78. The summed E-state index contributed by atoms with van der Waals surface area (Å²) in [4.78, 5) is 12.5. The molecule has 168 valence electrons. The van der Waals surface area contributed by atoms with E-state index in [1.807, 2.05) is 13.0 Å². The lowest BCUT2D eigenvalue weighted by atomic mass is 10.3. The van der Waals surface area contributed by atoms with Crippen molar-refractivity contribution in [1.29, 1.82) is 0 Å². The number of hydrogen-bond acceptors (Lipinski definition) is 6. The monoisotopic (exact) mass is 448 g/mol. The van der Waals surface area contributed by atoms with E-state index >= 15 is 0 Å². The Morgan fingerprint density at radius 3 is 2.19 bits per heavy atom. The van der Waals surface area contributed by atoms with Crippen LogP contribution in [0, 0.1) is 0 Å². The van der Waals surface area contributed by atoms with Crippen molar-refractivity contribution in [3.8, 4) is 17.2 Å². The molecule has 0 radical (unpaired) electrons. The topological polar surface area (TPSA) is 94.2 Å². The standard InChI is InChI=1S/C22H28N2O6S/c1-3-28-18-9-5-6-10-19(18)30-16-22(25)23-17-11-12-20(29-4-2)21(15-17)31(26,27)24-13-7-8-14-24/h5-6,9-12,15H,3-4,7-8,13-14,16H2,1-2H3,(H,23,25). The third kappa shape index (κ3) is 5.68. The van der Waals surface area contributed by atoms with Crippen molar-refractivity contribution in [1.82, 2.24) is 4.31 Å². The highest BCUT2D eigenvalue weighted by Crippen LogP contribution is 2.32. The number of ether oxygens (including phenoxy) is 3. The number of nitrogens with zero attached hydrogens (tertiary/aromatic N) is 1. The molecule has 0 unspecified atom stereocenters. The molecule has 1 heterocycles. The van der Waals surface area contributed by atoms with Crippen LogP contribution >= 0.6 is 0 Å². The van der Waals surface area contributed by atoms with E-state index in [0.717, 1.165) is 12.8 Å². The molecule has 1 amide bonds. The SMILES string of the molecule is CCOc1ccccc1OCC(=O)Nc1ccc(OCC)c(S(=O)(=O)N2CCCC2)c1. The second-order valence-corrected chi connectivity index (χ2v) is 8.83. The molecule has 0 aliphatic carbocycles. The van der Waals surface area contributed by atoms with E-state index in [1.54, 1.807) is 37.3 Å². The highest BCUT2D eigenvalue weighted by atomic mass is 32.2. The van der Waals surface area contributed by atoms with Crippen molar-refractivity contribution in [2.45, 2.75) is 31.6 Å². The predicted molar refractivity (Wildman–Crippen MR) is 117 cm³/mol. The summed E-state index contributed by atoms with van der Waals surface area (Å²) in [5, 5.41) is 2.69. The number of carbonyl (C=O) groups is 1.